The van der Waals surface area contributed by atoms with E-state index in [4.69, 9.17) is 0 Å². The van der Waals surface area contributed by atoms with Crippen LogP contribution in [0.3, 0.4) is 0 Å². The maximum Gasteiger partial charge on any atom is 0.0175 e. The second kappa shape index (κ2) is 6.69. The summed E-state index contributed by atoms with van der Waals surface area (Å²) in [5.74, 6) is 0. The van der Waals surface area contributed by atoms with E-state index in [2.05, 4.69) is 95.6 Å². The Balaban J connectivity index is 2.40. The summed E-state index contributed by atoms with van der Waals surface area (Å²) in [6.45, 7) is 0.931. The Morgan fingerprint density at radius 2 is 1.53 bits per heavy atom. The van der Waals surface area contributed by atoms with Gasteiger partial charge in [0.25, 0.3) is 0 Å². The summed E-state index contributed by atoms with van der Waals surface area (Å²) in [7, 11) is 4.17. The van der Waals surface area contributed by atoms with Crippen LogP contribution in [0.1, 0.15) is 11.1 Å². The second-order valence-corrected chi connectivity index (χ2v) is 5.67. The molecule has 0 aliphatic heterocycles. The minimum atomic E-state index is 0.931. The number of halogens is 1. The first kappa shape index (κ1) is 14.0. The second-order valence-electron chi connectivity index (χ2n) is 4.75. The molecule has 0 saturated carbocycles. The fraction of sp³-hybridized carbons (Fsp3) is 0.176. The van der Waals surface area contributed by atoms with E-state index in [9.17, 15) is 0 Å². The molecule has 0 saturated heterocycles. The van der Waals surface area contributed by atoms with E-state index in [-0.39, 0.29) is 0 Å². The van der Waals surface area contributed by atoms with Crippen molar-refractivity contribution in [2.75, 3.05) is 20.6 Å². The first-order valence-electron chi connectivity index (χ1n) is 6.33. The van der Waals surface area contributed by atoms with E-state index in [1.807, 2.05) is 0 Å². The molecule has 2 heteroatoms. The van der Waals surface area contributed by atoms with E-state index in [1.54, 1.807) is 0 Å². The topological polar surface area (TPSA) is 3.24 Å². The van der Waals surface area contributed by atoms with Crippen LogP contribution in [0.15, 0.2) is 65.1 Å². The number of benzene rings is 2. The lowest BCUT2D eigenvalue weighted by Gasteiger charge is -2.11. The van der Waals surface area contributed by atoms with Crippen LogP contribution < -0.4 is 0 Å². The smallest absolute Gasteiger partial charge is 0.0175 e. The van der Waals surface area contributed by atoms with Crippen LogP contribution in [0.25, 0.3) is 5.57 Å². The zero-order valence-electron chi connectivity index (χ0n) is 11.3. The van der Waals surface area contributed by atoms with Gasteiger partial charge in [0.1, 0.15) is 0 Å². The van der Waals surface area contributed by atoms with Crippen LogP contribution in [0, 0.1) is 0 Å². The Labute approximate surface area is 123 Å². The van der Waals surface area contributed by atoms with E-state index in [0.717, 1.165) is 11.0 Å². The fourth-order valence-corrected chi connectivity index (χ4v) is 2.19. The van der Waals surface area contributed by atoms with Crippen molar-refractivity contribution in [3.63, 3.8) is 0 Å². The molecule has 0 amide bonds. The van der Waals surface area contributed by atoms with Crippen molar-refractivity contribution in [1.29, 1.82) is 0 Å². The van der Waals surface area contributed by atoms with Crippen LogP contribution in [-0.4, -0.2) is 25.5 Å². The van der Waals surface area contributed by atoms with E-state index >= 15 is 0 Å². The average Bonchev–Trinajstić information content (AvgIpc) is 2.42. The standard InChI is InChI=1S/C17H18BrN/c1-19(2)13-12-17(14-6-4-3-5-7-14)15-8-10-16(18)11-9-15/h3-12H,13H2,1-2H3/b17-12-. The van der Waals surface area contributed by atoms with Gasteiger partial charge in [-0.3, -0.25) is 0 Å². The van der Waals surface area contributed by atoms with Gasteiger partial charge in [-0.2, -0.15) is 0 Å². The fourth-order valence-electron chi connectivity index (χ4n) is 1.92. The van der Waals surface area contributed by atoms with Crippen LogP contribution in [-0.2, 0) is 0 Å². The monoisotopic (exact) mass is 315 g/mol. The third kappa shape index (κ3) is 4.05. The highest BCUT2D eigenvalue weighted by Crippen LogP contribution is 2.24. The largest absolute Gasteiger partial charge is 0.306 e. The Morgan fingerprint density at radius 3 is 2.11 bits per heavy atom. The molecule has 0 spiro atoms. The average molecular weight is 316 g/mol. The number of hydrogen-bond acceptors (Lipinski definition) is 1. The molecule has 98 valence electrons. The molecule has 0 heterocycles. The van der Waals surface area contributed by atoms with E-state index < -0.39 is 0 Å². The maximum absolute atomic E-state index is 3.49. The van der Waals surface area contributed by atoms with Crippen molar-refractivity contribution in [3.05, 3.63) is 76.3 Å². The zero-order chi connectivity index (χ0) is 13.7. The van der Waals surface area contributed by atoms with Gasteiger partial charge in [0.15, 0.2) is 0 Å². The summed E-state index contributed by atoms with van der Waals surface area (Å²) in [6.07, 6.45) is 2.28. The summed E-state index contributed by atoms with van der Waals surface area (Å²) >= 11 is 3.49. The third-order valence-electron chi connectivity index (χ3n) is 2.90. The SMILES string of the molecule is CN(C)C/C=C(/c1ccccc1)c1ccc(Br)cc1. The number of likely N-dealkylation sites (N-methyl/N-ethyl adjacent to an activating group) is 1. The molecular weight excluding hydrogens is 298 g/mol. The Morgan fingerprint density at radius 1 is 0.947 bits per heavy atom. The number of hydrogen-bond donors (Lipinski definition) is 0. The molecule has 0 radical (unpaired) electrons. The van der Waals surface area contributed by atoms with Gasteiger partial charge in [-0.05, 0) is 42.9 Å². The van der Waals surface area contributed by atoms with Crippen molar-refractivity contribution >= 4 is 21.5 Å². The van der Waals surface area contributed by atoms with Crippen molar-refractivity contribution in [2.24, 2.45) is 0 Å². The Bertz CT molecular complexity index is 541. The predicted octanol–water partition coefficient (Wildman–Crippen LogP) is 4.44. The van der Waals surface area contributed by atoms with Crippen LogP contribution in [0.5, 0.6) is 0 Å². The van der Waals surface area contributed by atoms with Gasteiger partial charge in [-0.15, -0.1) is 0 Å². The lowest BCUT2D eigenvalue weighted by Crippen LogP contribution is -2.11. The van der Waals surface area contributed by atoms with Crippen molar-refractivity contribution in [2.45, 2.75) is 0 Å². The molecule has 1 nitrogen and oxygen atoms in total. The molecule has 0 aromatic heterocycles. The molecule has 0 aliphatic carbocycles. The molecule has 2 aromatic rings. The summed E-state index contributed by atoms with van der Waals surface area (Å²) < 4.78 is 1.11. The normalized spacial score (nSPS) is 11.9. The van der Waals surface area contributed by atoms with Gasteiger partial charge in [-0.1, -0.05) is 64.5 Å². The third-order valence-corrected chi connectivity index (χ3v) is 3.43. The van der Waals surface area contributed by atoms with Gasteiger partial charge >= 0.3 is 0 Å². The molecule has 0 fully saturated rings. The Hall–Kier alpha value is -1.38. The highest BCUT2D eigenvalue weighted by Gasteiger charge is 2.04. The van der Waals surface area contributed by atoms with Crippen LogP contribution in [0.2, 0.25) is 0 Å². The molecule has 2 aromatic carbocycles. The molecule has 0 bridgehead atoms. The minimum absolute atomic E-state index is 0.931. The molecule has 0 atom stereocenters. The summed E-state index contributed by atoms with van der Waals surface area (Å²) in [6, 6.07) is 19.0. The minimum Gasteiger partial charge on any atom is -0.306 e. The molecule has 19 heavy (non-hydrogen) atoms. The number of nitrogens with zero attached hydrogens (tertiary/aromatic N) is 1. The quantitative estimate of drug-likeness (QED) is 0.806. The van der Waals surface area contributed by atoms with Crippen molar-refractivity contribution in [1.82, 2.24) is 4.90 Å². The van der Waals surface area contributed by atoms with E-state index in [0.29, 0.717) is 0 Å². The molecule has 2 rings (SSSR count). The van der Waals surface area contributed by atoms with E-state index in [1.165, 1.54) is 16.7 Å². The van der Waals surface area contributed by atoms with Gasteiger partial charge in [-0.25, -0.2) is 0 Å². The Kier molecular flexibility index (Phi) is 4.94. The van der Waals surface area contributed by atoms with Gasteiger partial charge < -0.3 is 4.90 Å². The van der Waals surface area contributed by atoms with Crippen LogP contribution >= 0.6 is 15.9 Å². The number of rotatable bonds is 4. The van der Waals surface area contributed by atoms with Gasteiger partial charge in [0.05, 0.1) is 0 Å². The summed E-state index contributed by atoms with van der Waals surface area (Å²) in [5.41, 5.74) is 3.78. The highest BCUT2D eigenvalue weighted by molar-refractivity contribution is 9.10. The molecular formula is C17H18BrN. The zero-order valence-corrected chi connectivity index (χ0v) is 12.9. The molecule has 0 N–H and O–H groups in total. The molecule has 0 aliphatic rings. The first-order chi connectivity index (χ1) is 9.16. The highest BCUT2D eigenvalue weighted by atomic mass is 79.9. The van der Waals surface area contributed by atoms with Crippen LogP contribution in [0.4, 0.5) is 0 Å². The first-order valence-corrected chi connectivity index (χ1v) is 7.12. The van der Waals surface area contributed by atoms with Crippen molar-refractivity contribution < 1.29 is 0 Å². The lowest BCUT2D eigenvalue weighted by atomic mass is 9.97. The lowest BCUT2D eigenvalue weighted by molar-refractivity contribution is 0.457. The predicted molar refractivity (Wildman–Crippen MR) is 86.2 cm³/mol. The summed E-state index contributed by atoms with van der Waals surface area (Å²) in [4.78, 5) is 2.17. The summed E-state index contributed by atoms with van der Waals surface area (Å²) in [5, 5.41) is 0. The van der Waals surface area contributed by atoms with Crippen molar-refractivity contribution in [3.8, 4) is 0 Å². The molecule has 0 unspecified atom stereocenters. The van der Waals surface area contributed by atoms with Gasteiger partial charge in [0.2, 0.25) is 0 Å². The van der Waals surface area contributed by atoms with Gasteiger partial charge in [0, 0.05) is 11.0 Å². The maximum atomic E-state index is 3.49.